The number of guanidine groups is 1. The molecule has 2 aromatic carbocycles. The Hall–Kier alpha value is -2.53. The van der Waals surface area contributed by atoms with E-state index in [2.05, 4.69) is 51.9 Å². The number of piperazine rings is 1. The van der Waals surface area contributed by atoms with Crippen molar-refractivity contribution in [1.29, 1.82) is 0 Å². The first kappa shape index (κ1) is 23.6. The third-order valence-corrected chi connectivity index (χ3v) is 6.10. The maximum atomic E-state index is 5.51. The highest BCUT2D eigenvalue weighted by Crippen LogP contribution is 2.32. The van der Waals surface area contributed by atoms with E-state index in [1.54, 1.807) is 0 Å². The maximum Gasteiger partial charge on any atom is 0.231 e. The van der Waals surface area contributed by atoms with Crippen LogP contribution in [-0.2, 0) is 20.1 Å². The lowest BCUT2D eigenvalue weighted by Gasteiger charge is -2.36. The molecule has 1 fully saturated rings. The molecular formula is C24H31IN6O2. The number of aryl methyl sites for hydroxylation is 1. The van der Waals surface area contributed by atoms with Gasteiger partial charge in [-0.05, 0) is 36.8 Å². The molecule has 0 bridgehead atoms. The van der Waals surface area contributed by atoms with Gasteiger partial charge in [-0.1, -0.05) is 18.2 Å². The summed E-state index contributed by atoms with van der Waals surface area (Å²) in [7, 11) is 2.06. The second-order valence-electron chi connectivity index (χ2n) is 8.20. The summed E-state index contributed by atoms with van der Waals surface area (Å²) >= 11 is 0. The summed E-state index contributed by atoms with van der Waals surface area (Å²) in [6.45, 7) is 8.62. The van der Waals surface area contributed by atoms with Crippen molar-refractivity contribution in [2.45, 2.75) is 20.0 Å². The summed E-state index contributed by atoms with van der Waals surface area (Å²) < 4.78 is 13.1. The molecule has 0 unspecified atom stereocenters. The minimum atomic E-state index is 0. The molecule has 2 aliphatic heterocycles. The van der Waals surface area contributed by atoms with Crippen LogP contribution in [0.25, 0.3) is 11.0 Å². The molecule has 5 rings (SSSR count). The summed E-state index contributed by atoms with van der Waals surface area (Å²) in [6, 6.07) is 14.4. The van der Waals surface area contributed by atoms with Crippen molar-refractivity contribution in [3.05, 3.63) is 53.9 Å². The van der Waals surface area contributed by atoms with Crippen molar-refractivity contribution in [1.82, 2.24) is 24.7 Å². The van der Waals surface area contributed by atoms with Crippen LogP contribution in [0.15, 0.2) is 47.5 Å². The monoisotopic (exact) mass is 562 g/mol. The molecule has 176 valence electrons. The van der Waals surface area contributed by atoms with Crippen molar-refractivity contribution in [3.63, 3.8) is 0 Å². The molecule has 1 aromatic heterocycles. The van der Waals surface area contributed by atoms with Crippen LogP contribution < -0.4 is 14.8 Å². The van der Waals surface area contributed by atoms with Gasteiger partial charge in [-0.15, -0.1) is 24.0 Å². The fourth-order valence-electron chi connectivity index (χ4n) is 4.32. The molecule has 1 saturated heterocycles. The number of benzene rings is 2. The van der Waals surface area contributed by atoms with Crippen LogP contribution in [0.2, 0.25) is 0 Å². The van der Waals surface area contributed by atoms with Gasteiger partial charge in [-0.2, -0.15) is 0 Å². The SMILES string of the molecule is CCNC(=NCc1nc2ccccc2n1C)N1CCN(Cc2ccc3c(c2)OCO3)CC1.I. The van der Waals surface area contributed by atoms with Crippen molar-refractivity contribution in [2.24, 2.45) is 12.0 Å². The van der Waals surface area contributed by atoms with E-state index < -0.39 is 0 Å². The van der Waals surface area contributed by atoms with Crippen LogP contribution in [0, 0.1) is 0 Å². The number of para-hydroxylation sites is 2. The number of hydrogen-bond donors (Lipinski definition) is 1. The molecular weight excluding hydrogens is 531 g/mol. The first-order chi connectivity index (χ1) is 15.7. The van der Waals surface area contributed by atoms with Gasteiger partial charge in [-0.3, -0.25) is 4.90 Å². The van der Waals surface area contributed by atoms with E-state index in [1.807, 2.05) is 24.3 Å². The Balaban J connectivity index is 0.00000259. The van der Waals surface area contributed by atoms with E-state index in [1.165, 1.54) is 5.56 Å². The van der Waals surface area contributed by atoms with Crippen LogP contribution in [0.3, 0.4) is 0 Å². The molecule has 0 aliphatic carbocycles. The van der Waals surface area contributed by atoms with Crippen molar-refractivity contribution < 1.29 is 9.47 Å². The zero-order valence-electron chi connectivity index (χ0n) is 19.2. The van der Waals surface area contributed by atoms with Crippen LogP contribution in [0.5, 0.6) is 11.5 Å². The number of ether oxygens (including phenoxy) is 2. The molecule has 0 radical (unpaired) electrons. The zero-order chi connectivity index (χ0) is 21.9. The van der Waals surface area contributed by atoms with Gasteiger partial charge in [0.1, 0.15) is 12.4 Å². The molecule has 3 heterocycles. The topological polar surface area (TPSA) is 67.2 Å². The fourth-order valence-corrected chi connectivity index (χ4v) is 4.32. The van der Waals surface area contributed by atoms with E-state index in [4.69, 9.17) is 19.5 Å². The van der Waals surface area contributed by atoms with E-state index in [9.17, 15) is 0 Å². The lowest BCUT2D eigenvalue weighted by atomic mass is 10.1. The highest BCUT2D eigenvalue weighted by Gasteiger charge is 2.21. The average molecular weight is 562 g/mol. The van der Waals surface area contributed by atoms with Gasteiger partial charge in [0, 0.05) is 46.3 Å². The van der Waals surface area contributed by atoms with Crippen LogP contribution in [0.1, 0.15) is 18.3 Å². The summed E-state index contributed by atoms with van der Waals surface area (Å²) in [5, 5.41) is 3.46. The number of fused-ring (bicyclic) bond motifs is 2. The number of nitrogens with one attached hydrogen (secondary N) is 1. The normalized spacial score (nSPS) is 16.2. The quantitative estimate of drug-likeness (QED) is 0.293. The lowest BCUT2D eigenvalue weighted by molar-refractivity contribution is 0.171. The number of aliphatic imine (C=N–C) groups is 1. The molecule has 0 amide bonds. The number of nitrogens with zero attached hydrogens (tertiary/aromatic N) is 5. The lowest BCUT2D eigenvalue weighted by Crippen LogP contribution is -2.52. The number of hydrogen-bond acceptors (Lipinski definition) is 5. The van der Waals surface area contributed by atoms with Gasteiger partial charge >= 0.3 is 0 Å². The van der Waals surface area contributed by atoms with E-state index >= 15 is 0 Å². The third kappa shape index (κ3) is 5.19. The van der Waals surface area contributed by atoms with Gasteiger partial charge in [0.15, 0.2) is 17.5 Å². The minimum Gasteiger partial charge on any atom is -0.454 e. The molecule has 9 heteroatoms. The smallest absolute Gasteiger partial charge is 0.231 e. The predicted molar refractivity (Wildman–Crippen MR) is 140 cm³/mol. The summed E-state index contributed by atoms with van der Waals surface area (Å²) in [6.07, 6.45) is 0. The molecule has 0 saturated carbocycles. The summed E-state index contributed by atoms with van der Waals surface area (Å²) in [5.41, 5.74) is 3.41. The first-order valence-corrected chi connectivity index (χ1v) is 11.3. The number of imidazole rings is 1. The van der Waals surface area contributed by atoms with E-state index in [0.29, 0.717) is 13.3 Å². The first-order valence-electron chi connectivity index (χ1n) is 11.3. The largest absolute Gasteiger partial charge is 0.454 e. The Labute approximate surface area is 211 Å². The molecule has 1 N–H and O–H groups in total. The molecule has 2 aliphatic rings. The van der Waals surface area contributed by atoms with Gasteiger partial charge in [0.05, 0.1) is 11.0 Å². The fraction of sp³-hybridized carbons (Fsp3) is 0.417. The number of aromatic nitrogens is 2. The Morgan fingerprint density at radius 1 is 1.06 bits per heavy atom. The standard InChI is InChI=1S/C24H30N6O2.HI/c1-3-25-24(26-15-23-27-19-6-4-5-7-20(19)28(23)2)30-12-10-29(11-13-30)16-18-8-9-21-22(14-18)32-17-31-21;/h4-9,14H,3,10-13,15-17H2,1-2H3,(H,25,26);1H. The van der Waals surface area contributed by atoms with E-state index in [-0.39, 0.29) is 24.0 Å². The Morgan fingerprint density at radius 3 is 2.64 bits per heavy atom. The van der Waals surface area contributed by atoms with Gasteiger partial charge < -0.3 is 24.3 Å². The second-order valence-corrected chi connectivity index (χ2v) is 8.20. The van der Waals surface area contributed by atoms with Crippen molar-refractivity contribution in [3.8, 4) is 11.5 Å². The number of halogens is 1. The predicted octanol–water partition coefficient (Wildman–Crippen LogP) is 3.20. The third-order valence-electron chi connectivity index (χ3n) is 6.10. The Kier molecular flexibility index (Phi) is 7.59. The zero-order valence-corrected chi connectivity index (χ0v) is 21.5. The van der Waals surface area contributed by atoms with Crippen LogP contribution in [-0.4, -0.2) is 64.8 Å². The average Bonchev–Trinajstić information content (AvgIpc) is 3.41. The minimum absolute atomic E-state index is 0. The maximum absolute atomic E-state index is 5.51. The van der Waals surface area contributed by atoms with Gasteiger partial charge in [-0.25, -0.2) is 9.98 Å². The molecule has 8 nitrogen and oxygen atoms in total. The van der Waals surface area contributed by atoms with Gasteiger partial charge in [0.2, 0.25) is 6.79 Å². The number of rotatable bonds is 5. The van der Waals surface area contributed by atoms with E-state index in [0.717, 1.165) is 73.6 Å². The Morgan fingerprint density at radius 2 is 1.85 bits per heavy atom. The van der Waals surface area contributed by atoms with Crippen molar-refractivity contribution in [2.75, 3.05) is 39.5 Å². The molecule has 0 atom stereocenters. The van der Waals surface area contributed by atoms with Crippen molar-refractivity contribution >= 4 is 41.0 Å². The molecule has 33 heavy (non-hydrogen) atoms. The van der Waals surface area contributed by atoms with Crippen LogP contribution >= 0.6 is 24.0 Å². The van der Waals surface area contributed by atoms with Crippen LogP contribution in [0.4, 0.5) is 0 Å². The highest BCUT2D eigenvalue weighted by atomic mass is 127. The summed E-state index contributed by atoms with van der Waals surface area (Å²) in [4.78, 5) is 14.5. The second kappa shape index (κ2) is 10.6. The molecule has 0 spiro atoms. The van der Waals surface area contributed by atoms with Gasteiger partial charge in [0.25, 0.3) is 0 Å². The Bertz CT molecular complexity index is 1120. The highest BCUT2D eigenvalue weighted by molar-refractivity contribution is 14.0. The molecule has 3 aromatic rings. The summed E-state index contributed by atoms with van der Waals surface area (Å²) in [5.74, 6) is 3.63.